The Morgan fingerprint density at radius 2 is 2.29 bits per heavy atom. The average Bonchev–Trinajstić information content (AvgIpc) is 2.49. The molecule has 0 radical (unpaired) electrons. The van der Waals surface area contributed by atoms with E-state index in [1.165, 1.54) is 24.1 Å². The van der Waals surface area contributed by atoms with Crippen molar-refractivity contribution >= 4 is 17.6 Å². The molecule has 1 saturated heterocycles. The number of ether oxygens (including phenoxy) is 1. The molecule has 2 rings (SSSR count). The van der Waals surface area contributed by atoms with Crippen molar-refractivity contribution in [2.75, 3.05) is 20.2 Å². The Balaban J connectivity index is 2.05. The van der Waals surface area contributed by atoms with Crippen LogP contribution in [0.4, 0.5) is 5.69 Å². The zero-order valence-corrected chi connectivity index (χ0v) is 11.7. The fourth-order valence-corrected chi connectivity index (χ4v) is 2.44. The maximum Gasteiger partial charge on any atom is 0.325 e. The number of likely N-dealkylation sites (tertiary alicyclic amines) is 1. The van der Waals surface area contributed by atoms with E-state index in [9.17, 15) is 19.7 Å². The molecular weight excluding hydrogens is 276 g/mol. The Labute approximate surface area is 121 Å². The fraction of sp³-hybridized carbons (Fsp3) is 0.429. The average molecular weight is 292 g/mol. The normalized spacial score (nSPS) is 18.4. The summed E-state index contributed by atoms with van der Waals surface area (Å²) in [6, 6.07) is 6.35. The van der Waals surface area contributed by atoms with Crippen molar-refractivity contribution in [3.63, 3.8) is 0 Å². The first kappa shape index (κ1) is 15.0. The van der Waals surface area contributed by atoms with Crippen molar-refractivity contribution in [2.45, 2.75) is 18.8 Å². The number of hydrogen-bond donors (Lipinski definition) is 0. The van der Waals surface area contributed by atoms with Gasteiger partial charge in [0.15, 0.2) is 0 Å². The van der Waals surface area contributed by atoms with Gasteiger partial charge in [0.1, 0.15) is 6.54 Å². The minimum atomic E-state index is -0.447. The SMILES string of the molecule is COC(=O)CN1CC[C@H](c2cccc([N+](=O)[O-])c2)CC1=O. The van der Waals surface area contributed by atoms with Gasteiger partial charge >= 0.3 is 5.97 Å². The number of carbonyl (C=O) groups excluding carboxylic acids is 2. The Kier molecular flexibility index (Phi) is 4.52. The third-order valence-corrected chi connectivity index (χ3v) is 3.62. The number of esters is 1. The number of carbonyl (C=O) groups is 2. The molecule has 112 valence electrons. The van der Waals surface area contributed by atoms with Crippen LogP contribution >= 0.6 is 0 Å². The van der Waals surface area contributed by atoms with Crippen LogP contribution in [0.3, 0.4) is 0 Å². The predicted octanol–water partition coefficient (Wildman–Crippen LogP) is 1.47. The highest BCUT2D eigenvalue weighted by Crippen LogP contribution is 2.30. The van der Waals surface area contributed by atoms with E-state index in [1.807, 2.05) is 0 Å². The molecule has 1 aliphatic rings. The van der Waals surface area contributed by atoms with Gasteiger partial charge in [0.05, 0.1) is 12.0 Å². The van der Waals surface area contributed by atoms with Gasteiger partial charge in [0.2, 0.25) is 5.91 Å². The quantitative estimate of drug-likeness (QED) is 0.476. The second kappa shape index (κ2) is 6.34. The third kappa shape index (κ3) is 3.56. The molecule has 21 heavy (non-hydrogen) atoms. The second-order valence-corrected chi connectivity index (χ2v) is 4.93. The number of non-ortho nitro benzene ring substituents is 1. The first-order chi connectivity index (χ1) is 10.0. The van der Waals surface area contributed by atoms with Gasteiger partial charge < -0.3 is 9.64 Å². The van der Waals surface area contributed by atoms with Crippen molar-refractivity contribution in [1.29, 1.82) is 0 Å². The largest absolute Gasteiger partial charge is 0.468 e. The zero-order valence-electron chi connectivity index (χ0n) is 11.7. The molecule has 1 aromatic rings. The van der Waals surface area contributed by atoms with Gasteiger partial charge in [-0.3, -0.25) is 19.7 Å². The molecule has 1 heterocycles. The van der Waals surface area contributed by atoms with Gasteiger partial charge in [-0.25, -0.2) is 0 Å². The van der Waals surface area contributed by atoms with E-state index in [0.717, 1.165) is 5.56 Å². The highest BCUT2D eigenvalue weighted by atomic mass is 16.6. The second-order valence-electron chi connectivity index (χ2n) is 4.93. The number of piperidine rings is 1. The van der Waals surface area contributed by atoms with Crippen molar-refractivity contribution in [3.8, 4) is 0 Å². The molecule has 1 amide bonds. The van der Waals surface area contributed by atoms with E-state index < -0.39 is 10.9 Å². The van der Waals surface area contributed by atoms with E-state index in [1.54, 1.807) is 12.1 Å². The number of methoxy groups -OCH3 is 1. The molecule has 0 N–H and O–H groups in total. The predicted molar refractivity (Wildman–Crippen MR) is 73.7 cm³/mol. The van der Waals surface area contributed by atoms with Gasteiger partial charge in [0, 0.05) is 25.1 Å². The number of nitro groups is 1. The Hall–Kier alpha value is -2.44. The Bertz CT molecular complexity index is 572. The maximum absolute atomic E-state index is 12.0. The summed E-state index contributed by atoms with van der Waals surface area (Å²) in [5, 5.41) is 10.8. The highest BCUT2D eigenvalue weighted by Gasteiger charge is 2.28. The summed E-state index contributed by atoms with van der Waals surface area (Å²) in [7, 11) is 1.28. The van der Waals surface area contributed by atoms with E-state index in [2.05, 4.69) is 4.74 Å². The molecule has 1 aromatic carbocycles. The number of rotatable bonds is 4. The molecule has 0 spiro atoms. The Morgan fingerprint density at radius 1 is 1.52 bits per heavy atom. The fourth-order valence-electron chi connectivity index (χ4n) is 2.44. The smallest absolute Gasteiger partial charge is 0.325 e. The summed E-state index contributed by atoms with van der Waals surface area (Å²) in [6.07, 6.45) is 0.919. The lowest BCUT2D eigenvalue weighted by Gasteiger charge is -2.31. The van der Waals surface area contributed by atoms with Crippen LogP contribution in [0, 0.1) is 10.1 Å². The summed E-state index contributed by atoms with van der Waals surface area (Å²) in [4.78, 5) is 35.0. The van der Waals surface area contributed by atoms with Crippen LogP contribution < -0.4 is 0 Å². The molecule has 1 fully saturated rings. The van der Waals surface area contributed by atoms with Gasteiger partial charge in [-0.15, -0.1) is 0 Å². The van der Waals surface area contributed by atoms with Crippen LogP contribution in [-0.4, -0.2) is 41.9 Å². The summed E-state index contributed by atoms with van der Waals surface area (Å²) in [6.45, 7) is 0.401. The molecule has 0 aromatic heterocycles. The number of nitro benzene ring substituents is 1. The van der Waals surface area contributed by atoms with Gasteiger partial charge in [0.25, 0.3) is 5.69 Å². The molecule has 0 bridgehead atoms. The van der Waals surface area contributed by atoms with Crippen molar-refractivity contribution in [3.05, 3.63) is 39.9 Å². The monoisotopic (exact) mass is 292 g/mol. The van der Waals surface area contributed by atoms with Crippen LogP contribution in [0.1, 0.15) is 24.3 Å². The van der Waals surface area contributed by atoms with E-state index in [-0.39, 0.29) is 30.5 Å². The molecule has 0 saturated carbocycles. The van der Waals surface area contributed by atoms with E-state index in [4.69, 9.17) is 0 Å². The summed E-state index contributed by atoms with van der Waals surface area (Å²) < 4.78 is 4.55. The lowest BCUT2D eigenvalue weighted by molar-refractivity contribution is -0.384. The molecule has 7 nitrogen and oxygen atoms in total. The number of nitrogens with zero attached hydrogens (tertiary/aromatic N) is 2. The Morgan fingerprint density at radius 3 is 2.90 bits per heavy atom. The van der Waals surface area contributed by atoms with Gasteiger partial charge in [-0.05, 0) is 17.9 Å². The zero-order chi connectivity index (χ0) is 15.4. The lowest BCUT2D eigenvalue weighted by atomic mass is 9.89. The van der Waals surface area contributed by atoms with Crippen molar-refractivity contribution in [2.24, 2.45) is 0 Å². The molecule has 7 heteroatoms. The molecule has 0 aliphatic carbocycles. The lowest BCUT2D eigenvalue weighted by Crippen LogP contribution is -2.41. The summed E-state index contributed by atoms with van der Waals surface area (Å²) in [5.74, 6) is -0.633. The molecule has 1 atom stereocenters. The molecule has 1 aliphatic heterocycles. The standard InChI is InChI=1S/C14H16N2O5/c1-21-14(18)9-15-6-5-11(8-13(15)17)10-3-2-4-12(7-10)16(19)20/h2-4,7,11H,5-6,8-9H2,1H3/t11-/m0/s1. The topological polar surface area (TPSA) is 89.8 Å². The number of benzene rings is 1. The van der Waals surface area contributed by atoms with E-state index >= 15 is 0 Å². The third-order valence-electron chi connectivity index (χ3n) is 3.62. The minimum Gasteiger partial charge on any atom is -0.468 e. The molecule has 0 unspecified atom stereocenters. The highest BCUT2D eigenvalue weighted by molar-refractivity contribution is 5.83. The van der Waals surface area contributed by atoms with Crippen molar-refractivity contribution < 1.29 is 19.2 Å². The van der Waals surface area contributed by atoms with Gasteiger partial charge in [-0.1, -0.05) is 12.1 Å². The van der Waals surface area contributed by atoms with Crippen LogP contribution in [-0.2, 0) is 14.3 Å². The van der Waals surface area contributed by atoms with Crippen LogP contribution in [0.15, 0.2) is 24.3 Å². The summed E-state index contributed by atoms with van der Waals surface area (Å²) in [5.41, 5.74) is 0.812. The molecular formula is C14H16N2O5. The van der Waals surface area contributed by atoms with Crippen LogP contribution in [0.2, 0.25) is 0 Å². The summed E-state index contributed by atoms with van der Waals surface area (Å²) >= 11 is 0. The number of hydrogen-bond acceptors (Lipinski definition) is 5. The minimum absolute atomic E-state index is 0.0249. The number of amides is 1. The van der Waals surface area contributed by atoms with Crippen molar-refractivity contribution in [1.82, 2.24) is 4.90 Å². The maximum atomic E-state index is 12.0. The van der Waals surface area contributed by atoms with Crippen LogP contribution in [0.5, 0.6) is 0 Å². The van der Waals surface area contributed by atoms with Crippen LogP contribution in [0.25, 0.3) is 0 Å². The van der Waals surface area contributed by atoms with Gasteiger partial charge in [-0.2, -0.15) is 0 Å². The van der Waals surface area contributed by atoms with E-state index in [0.29, 0.717) is 13.0 Å². The first-order valence-corrected chi connectivity index (χ1v) is 6.60. The first-order valence-electron chi connectivity index (χ1n) is 6.60.